The number of aliphatic hydroxyl groups excluding tert-OH is 2. The highest BCUT2D eigenvalue weighted by Gasteiger charge is 2.34. The lowest BCUT2D eigenvalue weighted by Gasteiger charge is -2.24. The minimum atomic E-state index is -1.60. The van der Waals surface area contributed by atoms with Crippen LogP contribution < -0.4 is 11.1 Å². The molecule has 0 aliphatic heterocycles. The molecule has 3 rings (SSSR count). The zero-order valence-electron chi connectivity index (χ0n) is 16.3. The van der Waals surface area contributed by atoms with E-state index < -0.39 is 30.1 Å². The number of aliphatic hydroxyl groups is 2. The molecule has 0 aliphatic rings. The third-order valence-electron chi connectivity index (χ3n) is 5.02. The first kappa shape index (κ1) is 20.6. The van der Waals surface area contributed by atoms with Gasteiger partial charge < -0.3 is 25.7 Å². The van der Waals surface area contributed by atoms with Crippen LogP contribution in [-0.2, 0) is 11.2 Å². The van der Waals surface area contributed by atoms with E-state index in [4.69, 9.17) is 10.2 Å². The molecule has 29 heavy (non-hydrogen) atoms. The van der Waals surface area contributed by atoms with Crippen molar-refractivity contribution in [2.45, 2.75) is 31.9 Å². The molecule has 0 spiro atoms. The second kappa shape index (κ2) is 8.06. The van der Waals surface area contributed by atoms with Crippen LogP contribution in [0.25, 0.3) is 11.0 Å². The summed E-state index contributed by atoms with van der Waals surface area (Å²) >= 11 is 0. The minimum absolute atomic E-state index is 0.231. The van der Waals surface area contributed by atoms with E-state index in [9.17, 15) is 19.8 Å². The van der Waals surface area contributed by atoms with Crippen LogP contribution in [0, 0.1) is 6.92 Å². The fourth-order valence-corrected chi connectivity index (χ4v) is 3.17. The van der Waals surface area contributed by atoms with E-state index in [-0.39, 0.29) is 5.56 Å². The fourth-order valence-electron chi connectivity index (χ4n) is 3.17. The average molecular weight is 396 g/mol. The van der Waals surface area contributed by atoms with E-state index >= 15 is 0 Å². The van der Waals surface area contributed by atoms with E-state index in [0.717, 1.165) is 5.56 Å². The number of nitrogens with two attached hydrogens (primary N) is 1. The summed E-state index contributed by atoms with van der Waals surface area (Å²) in [6.07, 6.45) is -0.337. The van der Waals surface area contributed by atoms with Crippen molar-refractivity contribution in [3.63, 3.8) is 0 Å². The Labute approximate surface area is 168 Å². The van der Waals surface area contributed by atoms with Crippen molar-refractivity contribution in [3.8, 4) is 0 Å². The lowest BCUT2D eigenvalue weighted by molar-refractivity contribution is -0.124. The number of fused-ring (bicyclic) bond motifs is 1. The zero-order chi connectivity index (χ0) is 21.2. The summed E-state index contributed by atoms with van der Waals surface area (Å²) in [5.74, 6) is -1.08. The topological polar surface area (TPSA) is 126 Å². The van der Waals surface area contributed by atoms with Gasteiger partial charge in [0.25, 0.3) is 5.91 Å². The van der Waals surface area contributed by atoms with Gasteiger partial charge in [0.05, 0.1) is 18.3 Å². The van der Waals surface area contributed by atoms with E-state index in [2.05, 4.69) is 5.32 Å². The van der Waals surface area contributed by atoms with Gasteiger partial charge in [-0.2, -0.15) is 0 Å². The van der Waals surface area contributed by atoms with E-state index in [1.807, 2.05) is 30.3 Å². The molecular formula is C22H24N2O5. The Hall–Kier alpha value is -3.16. The molecule has 0 aliphatic carbocycles. The van der Waals surface area contributed by atoms with Gasteiger partial charge in [0.15, 0.2) is 0 Å². The summed E-state index contributed by atoms with van der Waals surface area (Å²) in [6.45, 7) is 2.35. The molecule has 0 saturated heterocycles. The monoisotopic (exact) mass is 396 g/mol. The number of benzene rings is 2. The Kier molecular flexibility index (Phi) is 5.72. The zero-order valence-corrected chi connectivity index (χ0v) is 16.3. The summed E-state index contributed by atoms with van der Waals surface area (Å²) < 4.78 is 5.66. The van der Waals surface area contributed by atoms with Crippen LogP contribution in [-0.4, -0.2) is 34.2 Å². The molecule has 0 bridgehead atoms. The Morgan fingerprint density at radius 1 is 1.21 bits per heavy atom. The predicted molar refractivity (Wildman–Crippen MR) is 108 cm³/mol. The standard InChI is InChI=1S/C22H24N2O5/c1-13-19(20(27)24-22(2,12-25)21(23)28)16-11-15(8-9-18(16)29-13)17(26)10-14-6-4-3-5-7-14/h3-9,11,17,25-26H,10,12H2,1-2H3,(H2,23,28)(H,24,27)/t17?,22-/m0/s1. The Bertz CT molecular complexity index is 1040. The summed E-state index contributed by atoms with van der Waals surface area (Å²) in [6, 6.07) is 14.7. The average Bonchev–Trinajstić information content (AvgIpc) is 3.03. The van der Waals surface area contributed by atoms with Crippen molar-refractivity contribution in [2.75, 3.05) is 6.61 Å². The van der Waals surface area contributed by atoms with Gasteiger partial charge in [0, 0.05) is 11.8 Å². The quantitative estimate of drug-likeness (QED) is 0.486. The number of nitrogens with one attached hydrogen (secondary N) is 1. The summed E-state index contributed by atoms with van der Waals surface area (Å²) in [7, 11) is 0. The first-order valence-electron chi connectivity index (χ1n) is 9.23. The van der Waals surface area contributed by atoms with Crippen LogP contribution >= 0.6 is 0 Å². The molecule has 7 heteroatoms. The molecule has 2 aromatic carbocycles. The predicted octanol–water partition coefficient (Wildman–Crippen LogP) is 1.98. The highest BCUT2D eigenvalue weighted by atomic mass is 16.3. The van der Waals surface area contributed by atoms with Gasteiger partial charge in [-0.3, -0.25) is 9.59 Å². The molecule has 0 radical (unpaired) electrons. The number of aryl methyl sites for hydroxylation is 1. The lowest BCUT2D eigenvalue weighted by atomic mass is 9.98. The highest BCUT2D eigenvalue weighted by molar-refractivity contribution is 6.09. The summed E-state index contributed by atoms with van der Waals surface area (Å²) in [4.78, 5) is 24.5. The number of hydrogen-bond acceptors (Lipinski definition) is 5. The van der Waals surface area contributed by atoms with E-state index in [1.54, 1.807) is 25.1 Å². The Balaban J connectivity index is 1.94. The maximum absolute atomic E-state index is 12.8. The molecule has 5 N–H and O–H groups in total. The maximum atomic E-state index is 12.8. The van der Waals surface area contributed by atoms with Gasteiger partial charge in [-0.05, 0) is 37.1 Å². The first-order valence-corrected chi connectivity index (χ1v) is 9.23. The van der Waals surface area contributed by atoms with Crippen molar-refractivity contribution in [1.29, 1.82) is 0 Å². The SMILES string of the molecule is Cc1oc2ccc(C(O)Cc3ccccc3)cc2c1C(=O)N[C@@](C)(CO)C(N)=O. The molecule has 0 fully saturated rings. The molecule has 0 saturated carbocycles. The third kappa shape index (κ3) is 4.16. The summed E-state index contributed by atoms with van der Waals surface area (Å²) in [5.41, 5.74) is 6.03. The van der Waals surface area contributed by atoms with Gasteiger partial charge in [-0.25, -0.2) is 0 Å². The maximum Gasteiger partial charge on any atom is 0.256 e. The van der Waals surface area contributed by atoms with Crippen LogP contribution in [0.1, 0.15) is 40.3 Å². The number of furan rings is 1. The molecular weight excluding hydrogens is 372 g/mol. The molecule has 3 aromatic rings. The van der Waals surface area contributed by atoms with Gasteiger partial charge in [-0.1, -0.05) is 36.4 Å². The van der Waals surface area contributed by atoms with Crippen molar-refractivity contribution in [1.82, 2.24) is 5.32 Å². The van der Waals surface area contributed by atoms with Gasteiger partial charge in [0.1, 0.15) is 16.9 Å². The Morgan fingerprint density at radius 3 is 2.52 bits per heavy atom. The summed E-state index contributed by atoms with van der Waals surface area (Å²) in [5, 5.41) is 23.1. The van der Waals surface area contributed by atoms with Crippen LogP contribution in [0.15, 0.2) is 52.9 Å². The third-order valence-corrected chi connectivity index (χ3v) is 5.02. The largest absolute Gasteiger partial charge is 0.461 e. The van der Waals surface area contributed by atoms with Gasteiger partial charge >= 0.3 is 0 Å². The van der Waals surface area contributed by atoms with Crippen LogP contribution in [0.3, 0.4) is 0 Å². The lowest BCUT2D eigenvalue weighted by Crippen LogP contribution is -2.57. The second-order valence-electron chi connectivity index (χ2n) is 7.30. The van der Waals surface area contributed by atoms with Crippen LogP contribution in [0.5, 0.6) is 0 Å². The second-order valence-corrected chi connectivity index (χ2v) is 7.30. The first-order chi connectivity index (χ1) is 13.7. The molecule has 152 valence electrons. The molecule has 1 unspecified atom stereocenters. The van der Waals surface area contributed by atoms with Crippen LogP contribution in [0.2, 0.25) is 0 Å². The number of amides is 2. The molecule has 2 amide bonds. The van der Waals surface area contributed by atoms with Crippen molar-refractivity contribution < 1.29 is 24.2 Å². The van der Waals surface area contributed by atoms with Crippen molar-refractivity contribution >= 4 is 22.8 Å². The minimum Gasteiger partial charge on any atom is -0.461 e. The van der Waals surface area contributed by atoms with Crippen molar-refractivity contribution in [3.05, 3.63) is 71.0 Å². The van der Waals surface area contributed by atoms with Crippen LogP contribution in [0.4, 0.5) is 0 Å². The van der Waals surface area contributed by atoms with E-state index in [1.165, 1.54) is 6.92 Å². The number of rotatable bonds is 7. The van der Waals surface area contributed by atoms with Gasteiger partial charge in [0.2, 0.25) is 5.91 Å². The number of primary amides is 1. The number of carbonyl (C=O) groups excluding carboxylic acids is 2. The van der Waals surface area contributed by atoms with Gasteiger partial charge in [-0.15, -0.1) is 0 Å². The number of carbonyl (C=O) groups is 2. The Morgan fingerprint density at radius 2 is 1.90 bits per heavy atom. The smallest absolute Gasteiger partial charge is 0.256 e. The van der Waals surface area contributed by atoms with Crippen molar-refractivity contribution in [2.24, 2.45) is 5.73 Å². The molecule has 2 atom stereocenters. The highest BCUT2D eigenvalue weighted by Crippen LogP contribution is 2.30. The van der Waals surface area contributed by atoms with E-state index in [0.29, 0.717) is 28.7 Å². The fraction of sp³-hybridized carbons (Fsp3) is 0.273. The normalized spacial score (nSPS) is 14.3. The molecule has 1 heterocycles. The molecule has 1 aromatic heterocycles. The number of hydrogen-bond donors (Lipinski definition) is 4. The molecule has 7 nitrogen and oxygen atoms in total.